The Morgan fingerprint density at radius 1 is 1.21 bits per heavy atom. The Kier molecular flexibility index (Phi) is 6.24. The number of benzene rings is 1. The number of ether oxygens (including phenoxy) is 1. The highest BCUT2D eigenvalue weighted by Gasteiger charge is 2.07. The third-order valence-corrected chi connectivity index (χ3v) is 3.24. The second kappa shape index (κ2) is 8.61. The number of nitrogens with zero attached hydrogens (tertiary/aromatic N) is 1. The average Bonchev–Trinajstić information content (AvgIpc) is 3.05. The van der Waals surface area contributed by atoms with Gasteiger partial charge in [0.1, 0.15) is 18.1 Å². The van der Waals surface area contributed by atoms with Gasteiger partial charge in [0.2, 0.25) is 0 Å². The highest BCUT2D eigenvalue weighted by atomic mass is 16.5. The van der Waals surface area contributed by atoms with Gasteiger partial charge in [-0.05, 0) is 31.2 Å². The average molecular weight is 330 g/mol. The molecule has 0 radical (unpaired) electrons. The SMILES string of the molecule is CN=C(NCCOc1ccc(C)cc1)NCc1ccc(C(N)=O)o1. The van der Waals surface area contributed by atoms with Crippen LogP contribution in [-0.4, -0.2) is 32.1 Å². The molecule has 4 N–H and O–H groups in total. The van der Waals surface area contributed by atoms with Crippen molar-refractivity contribution in [2.75, 3.05) is 20.2 Å². The van der Waals surface area contributed by atoms with E-state index in [0.29, 0.717) is 31.4 Å². The van der Waals surface area contributed by atoms with Crippen LogP contribution in [-0.2, 0) is 6.54 Å². The van der Waals surface area contributed by atoms with Crippen LogP contribution in [0.15, 0.2) is 45.8 Å². The molecule has 7 nitrogen and oxygen atoms in total. The minimum Gasteiger partial charge on any atom is -0.492 e. The lowest BCUT2D eigenvalue weighted by Crippen LogP contribution is -2.38. The van der Waals surface area contributed by atoms with E-state index in [0.717, 1.165) is 5.75 Å². The number of primary amides is 1. The van der Waals surface area contributed by atoms with Crippen LogP contribution in [0.4, 0.5) is 0 Å². The third-order valence-electron chi connectivity index (χ3n) is 3.24. The molecule has 0 spiro atoms. The Morgan fingerprint density at radius 3 is 2.58 bits per heavy atom. The Bertz CT molecular complexity index is 692. The molecule has 0 saturated heterocycles. The molecule has 1 heterocycles. The summed E-state index contributed by atoms with van der Waals surface area (Å²) in [5.74, 6) is 1.60. The topological polar surface area (TPSA) is 102 Å². The smallest absolute Gasteiger partial charge is 0.284 e. The second-order valence-electron chi connectivity index (χ2n) is 5.14. The fourth-order valence-corrected chi connectivity index (χ4v) is 1.97. The van der Waals surface area contributed by atoms with E-state index in [4.69, 9.17) is 14.9 Å². The van der Waals surface area contributed by atoms with Gasteiger partial charge in [0.15, 0.2) is 11.7 Å². The first kappa shape index (κ1) is 17.4. The molecular weight excluding hydrogens is 308 g/mol. The zero-order valence-electron chi connectivity index (χ0n) is 13.8. The molecule has 0 unspecified atom stereocenters. The first-order valence-electron chi connectivity index (χ1n) is 7.61. The molecule has 1 amide bonds. The van der Waals surface area contributed by atoms with E-state index >= 15 is 0 Å². The summed E-state index contributed by atoms with van der Waals surface area (Å²) in [6.07, 6.45) is 0. The van der Waals surface area contributed by atoms with Gasteiger partial charge in [-0.2, -0.15) is 0 Å². The van der Waals surface area contributed by atoms with E-state index in [-0.39, 0.29) is 5.76 Å². The summed E-state index contributed by atoms with van der Waals surface area (Å²) in [5.41, 5.74) is 6.34. The number of guanidine groups is 1. The molecule has 24 heavy (non-hydrogen) atoms. The van der Waals surface area contributed by atoms with Gasteiger partial charge in [0.05, 0.1) is 13.1 Å². The van der Waals surface area contributed by atoms with E-state index in [1.165, 1.54) is 5.56 Å². The summed E-state index contributed by atoms with van der Waals surface area (Å²) in [6, 6.07) is 11.1. The molecule has 7 heteroatoms. The van der Waals surface area contributed by atoms with Crippen LogP contribution in [0.2, 0.25) is 0 Å². The number of carbonyl (C=O) groups is 1. The van der Waals surface area contributed by atoms with Gasteiger partial charge in [0, 0.05) is 7.05 Å². The molecule has 2 aromatic rings. The van der Waals surface area contributed by atoms with Crippen molar-refractivity contribution in [1.29, 1.82) is 0 Å². The van der Waals surface area contributed by atoms with Crippen LogP contribution in [0.5, 0.6) is 5.75 Å². The molecular formula is C17H22N4O3. The van der Waals surface area contributed by atoms with Crippen LogP contribution in [0, 0.1) is 6.92 Å². The maximum absolute atomic E-state index is 11.0. The monoisotopic (exact) mass is 330 g/mol. The Morgan fingerprint density at radius 2 is 1.96 bits per heavy atom. The molecule has 0 fully saturated rings. The summed E-state index contributed by atoms with van der Waals surface area (Å²) < 4.78 is 10.9. The Balaban J connectivity index is 1.70. The first-order valence-corrected chi connectivity index (χ1v) is 7.61. The number of rotatable bonds is 7. The van der Waals surface area contributed by atoms with Crippen molar-refractivity contribution in [1.82, 2.24) is 10.6 Å². The van der Waals surface area contributed by atoms with Gasteiger partial charge in [-0.15, -0.1) is 0 Å². The van der Waals surface area contributed by atoms with Crippen molar-refractivity contribution >= 4 is 11.9 Å². The van der Waals surface area contributed by atoms with Crippen LogP contribution in [0.1, 0.15) is 21.9 Å². The minimum absolute atomic E-state index is 0.140. The zero-order chi connectivity index (χ0) is 17.4. The van der Waals surface area contributed by atoms with Gasteiger partial charge in [-0.25, -0.2) is 0 Å². The first-order chi connectivity index (χ1) is 11.6. The van der Waals surface area contributed by atoms with Crippen molar-refractivity contribution in [2.45, 2.75) is 13.5 Å². The lowest BCUT2D eigenvalue weighted by molar-refractivity contribution is 0.0972. The predicted octanol–water partition coefficient (Wildman–Crippen LogP) is 1.43. The fraction of sp³-hybridized carbons (Fsp3) is 0.294. The molecule has 1 aromatic carbocycles. The van der Waals surface area contributed by atoms with Crippen LogP contribution < -0.4 is 21.1 Å². The summed E-state index contributed by atoms with van der Waals surface area (Å²) in [6.45, 7) is 3.53. The molecule has 1 aromatic heterocycles. The minimum atomic E-state index is -0.586. The van der Waals surface area contributed by atoms with Crippen LogP contribution in [0.3, 0.4) is 0 Å². The molecule has 0 aliphatic carbocycles. The number of aryl methyl sites for hydroxylation is 1. The molecule has 128 valence electrons. The third kappa shape index (κ3) is 5.35. The number of nitrogens with one attached hydrogen (secondary N) is 2. The van der Waals surface area contributed by atoms with Gasteiger partial charge in [-0.1, -0.05) is 17.7 Å². The Labute approximate surface area is 140 Å². The second-order valence-corrected chi connectivity index (χ2v) is 5.14. The number of hydrogen-bond donors (Lipinski definition) is 3. The molecule has 0 saturated carbocycles. The standard InChI is InChI=1S/C17H22N4O3/c1-12-3-5-13(6-4-12)23-10-9-20-17(19-2)21-11-14-7-8-15(24-14)16(18)22/h3-8H,9-11H2,1-2H3,(H2,18,22)(H2,19,20,21). The normalized spacial score (nSPS) is 11.2. The van der Waals surface area contributed by atoms with Crippen LogP contribution >= 0.6 is 0 Å². The number of furan rings is 1. The molecule has 0 atom stereocenters. The number of nitrogens with two attached hydrogens (primary N) is 1. The summed E-state index contributed by atoms with van der Waals surface area (Å²) >= 11 is 0. The Hall–Kier alpha value is -2.96. The quantitative estimate of drug-likeness (QED) is 0.405. The summed E-state index contributed by atoms with van der Waals surface area (Å²) in [5, 5.41) is 6.21. The van der Waals surface area contributed by atoms with Crippen molar-refractivity contribution < 1.29 is 13.9 Å². The van der Waals surface area contributed by atoms with E-state index in [2.05, 4.69) is 15.6 Å². The zero-order valence-corrected chi connectivity index (χ0v) is 13.8. The fourth-order valence-electron chi connectivity index (χ4n) is 1.97. The molecule has 0 bridgehead atoms. The number of amides is 1. The lowest BCUT2D eigenvalue weighted by atomic mass is 10.2. The van der Waals surface area contributed by atoms with E-state index in [1.54, 1.807) is 19.2 Å². The van der Waals surface area contributed by atoms with Crippen molar-refractivity contribution in [2.24, 2.45) is 10.7 Å². The molecule has 2 rings (SSSR count). The summed E-state index contributed by atoms with van der Waals surface area (Å²) in [7, 11) is 1.67. The number of aliphatic imine (C=N–C) groups is 1. The molecule has 0 aliphatic rings. The van der Waals surface area contributed by atoms with Gasteiger partial charge in [0.25, 0.3) is 5.91 Å². The van der Waals surface area contributed by atoms with E-state index in [9.17, 15) is 4.79 Å². The van der Waals surface area contributed by atoms with Gasteiger partial charge < -0.3 is 25.5 Å². The number of carbonyl (C=O) groups excluding carboxylic acids is 1. The summed E-state index contributed by atoms with van der Waals surface area (Å²) in [4.78, 5) is 15.1. The van der Waals surface area contributed by atoms with Crippen molar-refractivity contribution in [3.63, 3.8) is 0 Å². The largest absolute Gasteiger partial charge is 0.492 e. The van der Waals surface area contributed by atoms with Gasteiger partial charge in [-0.3, -0.25) is 9.79 Å². The highest BCUT2D eigenvalue weighted by Crippen LogP contribution is 2.10. The van der Waals surface area contributed by atoms with Crippen molar-refractivity contribution in [3.8, 4) is 5.75 Å². The van der Waals surface area contributed by atoms with E-state index in [1.807, 2.05) is 31.2 Å². The van der Waals surface area contributed by atoms with Gasteiger partial charge >= 0.3 is 0 Å². The van der Waals surface area contributed by atoms with Crippen molar-refractivity contribution in [3.05, 3.63) is 53.5 Å². The van der Waals surface area contributed by atoms with Crippen LogP contribution in [0.25, 0.3) is 0 Å². The molecule has 0 aliphatic heterocycles. The maximum Gasteiger partial charge on any atom is 0.284 e. The predicted molar refractivity (Wildman–Crippen MR) is 92.1 cm³/mol. The van der Waals surface area contributed by atoms with E-state index < -0.39 is 5.91 Å². The lowest BCUT2D eigenvalue weighted by Gasteiger charge is -2.11. The highest BCUT2D eigenvalue weighted by molar-refractivity contribution is 5.89. The maximum atomic E-state index is 11.0. The number of hydrogen-bond acceptors (Lipinski definition) is 4.